The van der Waals surface area contributed by atoms with Gasteiger partial charge in [-0.05, 0) is 43.2 Å². The number of hydrogen-bond acceptors (Lipinski definition) is 2. The van der Waals surface area contributed by atoms with E-state index in [2.05, 4.69) is 21.9 Å². The van der Waals surface area contributed by atoms with E-state index in [9.17, 15) is 4.39 Å². The van der Waals surface area contributed by atoms with E-state index in [1.807, 2.05) is 11.8 Å². The number of nitrogens with one attached hydrogen (secondary N) is 2. The first-order chi connectivity index (χ1) is 9.71. The molecule has 110 valence electrons. The smallest absolute Gasteiger partial charge is 0.191 e. The molecule has 0 heterocycles. The number of guanidine groups is 1. The second-order valence-corrected chi connectivity index (χ2v) is 6.20. The summed E-state index contributed by atoms with van der Waals surface area (Å²) in [6.45, 7) is 0.651. The highest BCUT2D eigenvalue weighted by molar-refractivity contribution is 7.99. The van der Waals surface area contributed by atoms with Crippen molar-refractivity contribution in [2.24, 2.45) is 4.99 Å². The van der Waals surface area contributed by atoms with Crippen LogP contribution in [0.4, 0.5) is 4.39 Å². The summed E-state index contributed by atoms with van der Waals surface area (Å²) in [6, 6.07) is 7.04. The van der Waals surface area contributed by atoms with Crippen molar-refractivity contribution in [1.82, 2.24) is 10.6 Å². The maximum absolute atomic E-state index is 12.8. The lowest BCUT2D eigenvalue weighted by molar-refractivity contribution is 0.613. The molecule has 3 nitrogen and oxygen atoms in total. The number of halogens is 1. The third kappa shape index (κ3) is 4.40. The second kappa shape index (κ2) is 7.53. The molecule has 20 heavy (non-hydrogen) atoms. The molecule has 1 saturated carbocycles. The zero-order valence-electron chi connectivity index (χ0n) is 12.0. The predicted molar refractivity (Wildman–Crippen MR) is 84.7 cm³/mol. The van der Waals surface area contributed by atoms with E-state index in [-0.39, 0.29) is 5.82 Å². The van der Waals surface area contributed by atoms with Crippen molar-refractivity contribution in [3.8, 4) is 0 Å². The molecule has 0 spiro atoms. The van der Waals surface area contributed by atoms with Crippen molar-refractivity contribution in [3.63, 3.8) is 0 Å². The number of benzene rings is 1. The third-order valence-electron chi connectivity index (χ3n) is 3.66. The van der Waals surface area contributed by atoms with Gasteiger partial charge in [0.2, 0.25) is 0 Å². The summed E-state index contributed by atoms with van der Waals surface area (Å²) in [5.74, 6) is 0.617. The maximum atomic E-state index is 12.8. The van der Waals surface area contributed by atoms with Gasteiger partial charge in [-0.25, -0.2) is 4.39 Å². The highest BCUT2D eigenvalue weighted by Gasteiger charge is 2.24. The highest BCUT2D eigenvalue weighted by atomic mass is 32.2. The third-order valence-corrected chi connectivity index (χ3v) is 4.75. The summed E-state index contributed by atoms with van der Waals surface area (Å²) >= 11 is 1.95. The molecule has 1 aliphatic rings. The first kappa shape index (κ1) is 15.2. The van der Waals surface area contributed by atoms with Crippen molar-refractivity contribution in [2.45, 2.75) is 37.1 Å². The fourth-order valence-corrected chi connectivity index (χ4v) is 3.26. The number of rotatable bonds is 4. The van der Waals surface area contributed by atoms with E-state index < -0.39 is 0 Å². The molecule has 1 fully saturated rings. The van der Waals surface area contributed by atoms with Gasteiger partial charge in [-0.1, -0.05) is 12.1 Å². The van der Waals surface area contributed by atoms with Crippen molar-refractivity contribution in [3.05, 3.63) is 35.6 Å². The molecule has 0 aromatic heterocycles. The van der Waals surface area contributed by atoms with Gasteiger partial charge < -0.3 is 10.6 Å². The Morgan fingerprint density at radius 1 is 1.35 bits per heavy atom. The standard InChI is InChI=1S/C15H22FN3S/c1-17-15(19-13-7-8-14(9-13)20-2)18-10-11-3-5-12(16)6-4-11/h3-6,13-14H,7-10H2,1-2H3,(H2,17,18,19). The molecule has 0 bridgehead atoms. The van der Waals surface area contributed by atoms with Crippen LogP contribution in [0.2, 0.25) is 0 Å². The summed E-state index contributed by atoms with van der Waals surface area (Å²) in [6.07, 6.45) is 5.84. The van der Waals surface area contributed by atoms with Gasteiger partial charge in [0.05, 0.1) is 0 Å². The van der Waals surface area contributed by atoms with Gasteiger partial charge in [0.1, 0.15) is 5.82 Å². The van der Waals surface area contributed by atoms with Crippen LogP contribution in [0.15, 0.2) is 29.3 Å². The molecule has 5 heteroatoms. The lowest BCUT2D eigenvalue weighted by Gasteiger charge is -2.17. The molecule has 2 unspecified atom stereocenters. The summed E-state index contributed by atoms with van der Waals surface area (Å²) in [5.41, 5.74) is 1.04. The minimum atomic E-state index is -0.203. The van der Waals surface area contributed by atoms with Crippen LogP contribution in [0.1, 0.15) is 24.8 Å². The van der Waals surface area contributed by atoms with Crippen LogP contribution in [0, 0.1) is 5.82 Å². The average molecular weight is 295 g/mol. The Labute approximate surface area is 124 Å². The van der Waals surface area contributed by atoms with Crippen LogP contribution in [0.3, 0.4) is 0 Å². The first-order valence-corrected chi connectivity index (χ1v) is 8.24. The van der Waals surface area contributed by atoms with E-state index in [1.165, 1.54) is 31.4 Å². The van der Waals surface area contributed by atoms with Crippen LogP contribution in [0.5, 0.6) is 0 Å². The minimum absolute atomic E-state index is 0.203. The molecule has 0 saturated heterocycles. The van der Waals surface area contributed by atoms with Gasteiger partial charge in [-0.3, -0.25) is 4.99 Å². The van der Waals surface area contributed by atoms with Crippen molar-refractivity contribution < 1.29 is 4.39 Å². The Balaban J connectivity index is 1.80. The molecule has 1 aliphatic carbocycles. The van der Waals surface area contributed by atoms with Crippen LogP contribution in [0.25, 0.3) is 0 Å². The topological polar surface area (TPSA) is 36.4 Å². The van der Waals surface area contributed by atoms with Crippen LogP contribution in [-0.2, 0) is 6.54 Å². The van der Waals surface area contributed by atoms with Crippen molar-refractivity contribution >= 4 is 17.7 Å². The lowest BCUT2D eigenvalue weighted by atomic mass is 10.2. The van der Waals surface area contributed by atoms with E-state index in [1.54, 1.807) is 19.2 Å². The van der Waals surface area contributed by atoms with Gasteiger partial charge in [-0.2, -0.15) is 11.8 Å². The van der Waals surface area contributed by atoms with E-state index in [0.29, 0.717) is 12.6 Å². The Bertz CT molecular complexity index is 447. The van der Waals surface area contributed by atoms with E-state index in [4.69, 9.17) is 0 Å². The van der Waals surface area contributed by atoms with Gasteiger partial charge in [0.25, 0.3) is 0 Å². The SMILES string of the molecule is CN=C(NCc1ccc(F)cc1)NC1CCC(SC)C1. The molecule has 1 aromatic rings. The van der Waals surface area contributed by atoms with E-state index >= 15 is 0 Å². The van der Waals surface area contributed by atoms with Crippen molar-refractivity contribution in [2.75, 3.05) is 13.3 Å². The summed E-state index contributed by atoms with van der Waals surface area (Å²) < 4.78 is 12.8. The molecule has 1 aromatic carbocycles. The summed E-state index contributed by atoms with van der Waals surface area (Å²) in [7, 11) is 1.78. The number of nitrogens with zero attached hydrogens (tertiary/aromatic N) is 1. The highest BCUT2D eigenvalue weighted by Crippen LogP contribution is 2.27. The van der Waals surface area contributed by atoms with Crippen LogP contribution >= 0.6 is 11.8 Å². The zero-order valence-corrected chi connectivity index (χ0v) is 12.8. The fourth-order valence-electron chi connectivity index (χ4n) is 2.46. The molecule has 2 atom stereocenters. The normalized spacial score (nSPS) is 22.9. The largest absolute Gasteiger partial charge is 0.354 e. The van der Waals surface area contributed by atoms with Gasteiger partial charge >= 0.3 is 0 Å². The first-order valence-electron chi connectivity index (χ1n) is 6.95. The zero-order chi connectivity index (χ0) is 14.4. The average Bonchev–Trinajstić information content (AvgIpc) is 2.93. The Hall–Kier alpha value is -1.23. The monoisotopic (exact) mass is 295 g/mol. The quantitative estimate of drug-likeness (QED) is 0.662. The van der Waals surface area contributed by atoms with Crippen LogP contribution < -0.4 is 10.6 Å². The number of thioether (sulfide) groups is 1. The summed E-state index contributed by atoms with van der Waals surface area (Å²) in [5, 5.41) is 7.50. The molecular weight excluding hydrogens is 273 g/mol. The summed E-state index contributed by atoms with van der Waals surface area (Å²) in [4.78, 5) is 4.25. The molecular formula is C15H22FN3S. The second-order valence-electron chi connectivity index (χ2n) is 5.06. The van der Waals surface area contributed by atoms with Gasteiger partial charge in [0, 0.05) is 24.9 Å². The molecule has 2 N–H and O–H groups in total. The minimum Gasteiger partial charge on any atom is -0.354 e. The number of aliphatic imine (C=N–C) groups is 1. The number of hydrogen-bond donors (Lipinski definition) is 2. The molecule has 0 aliphatic heterocycles. The Kier molecular flexibility index (Phi) is 5.71. The predicted octanol–water partition coefficient (Wildman–Crippen LogP) is 2.77. The Morgan fingerprint density at radius 2 is 2.10 bits per heavy atom. The Morgan fingerprint density at radius 3 is 2.70 bits per heavy atom. The van der Waals surface area contributed by atoms with Crippen LogP contribution in [-0.4, -0.2) is 30.6 Å². The van der Waals surface area contributed by atoms with Crippen molar-refractivity contribution in [1.29, 1.82) is 0 Å². The lowest BCUT2D eigenvalue weighted by Crippen LogP contribution is -2.42. The molecule has 2 rings (SSSR count). The fraction of sp³-hybridized carbons (Fsp3) is 0.533. The van der Waals surface area contributed by atoms with E-state index in [0.717, 1.165) is 16.8 Å². The maximum Gasteiger partial charge on any atom is 0.191 e. The van der Waals surface area contributed by atoms with Gasteiger partial charge in [-0.15, -0.1) is 0 Å². The molecule has 0 radical (unpaired) electrons. The van der Waals surface area contributed by atoms with Gasteiger partial charge in [0.15, 0.2) is 5.96 Å². The molecule has 0 amide bonds.